The molecule has 3 aromatic rings. The fourth-order valence-corrected chi connectivity index (χ4v) is 2.68. The van der Waals surface area contributed by atoms with E-state index in [1.807, 2.05) is 60.0 Å². The van der Waals surface area contributed by atoms with Crippen LogP contribution in [-0.4, -0.2) is 5.78 Å². The minimum atomic E-state index is 0.0922. The van der Waals surface area contributed by atoms with Crippen LogP contribution in [0.3, 0.4) is 0 Å². The van der Waals surface area contributed by atoms with Crippen molar-refractivity contribution < 1.29 is 4.79 Å². The van der Waals surface area contributed by atoms with Crippen molar-refractivity contribution in [1.82, 2.24) is 0 Å². The molecule has 3 rings (SSSR count). The molecule has 92 valence electrons. The van der Waals surface area contributed by atoms with E-state index in [4.69, 9.17) is 0 Å². The second kappa shape index (κ2) is 5.21. The van der Waals surface area contributed by atoms with Gasteiger partial charge < -0.3 is 0 Å². The summed E-state index contributed by atoms with van der Waals surface area (Å²) in [4.78, 5) is 13.0. The summed E-state index contributed by atoms with van der Waals surface area (Å²) >= 11 is 1.48. The van der Waals surface area contributed by atoms with Crippen LogP contribution in [-0.2, 0) is 0 Å². The summed E-state index contributed by atoms with van der Waals surface area (Å²) in [5.74, 6) is 0.0922. The molecule has 1 nitrogen and oxygen atoms in total. The van der Waals surface area contributed by atoms with E-state index in [2.05, 4.69) is 12.1 Å². The maximum absolute atomic E-state index is 12.2. The first-order valence-corrected chi connectivity index (χ1v) is 6.96. The van der Waals surface area contributed by atoms with E-state index in [9.17, 15) is 4.79 Å². The van der Waals surface area contributed by atoms with E-state index < -0.39 is 0 Å². The number of rotatable bonds is 3. The smallest absolute Gasteiger partial charge is 0.202 e. The summed E-state index contributed by atoms with van der Waals surface area (Å²) < 4.78 is 0. The third kappa shape index (κ3) is 2.49. The van der Waals surface area contributed by atoms with Gasteiger partial charge in [0.1, 0.15) is 0 Å². The Morgan fingerprint density at radius 1 is 0.737 bits per heavy atom. The zero-order chi connectivity index (χ0) is 13.1. The van der Waals surface area contributed by atoms with Gasteiger partial charge in [-0.25, -0.2) is 0 Å². The van der Waals surface area contributed by atoms with E-state index in [-0.39, 0.29) is 5.78 Å². The van der Waals surface area contributed by atoms with Crippen LogP contribution >= 0.6 is 11.3 Å². The summed E-state index contributed by atoms with van der Waals surface area (Å²) in [6.07, 6.45) is 0. The van der Waals surface area contributed by atoms with Gasteiger partial charge in [0.2, 0.25) is 5.78 Å². The first-order valence-electron chi connectivity index (χ1n) is 6.08. The lowest BCUT2D eigenvalue weighted by Gasteiger charge is -2.03. The molecule has 2 aromatic carbocycles. The van der Waals surface area contributed by atoms with E-state index in [0.29, 0.717) is 0 Å². The van der Waals surface area contributed by atoms with Crippen LogP contribution in [0.4, 0.5) is 0 Å². The van der Waals surface area contributed by atoms with Gasteiger partial charge in [-0.2, -0.15) is 0 Å². The predicted molar refractivity (Wildman–Crippen MR) is 79.6 cm³/mol. The molecule has 0 atom stereocenters. The molecule has 1 aromatic heterocycles. The lowest BCUT2D eigenvalue weighted by atomic mass is 10.0. The predicted octanol–water partition coefficient (Wildman–Crippen LogP) is 4.65. The third-order valence-corrected chi connectivity index (χ3v) is 3.87. The minimum Gasteiger partial charge on any atom is -0.288 e. The standard InChI is InChI=1S/C17H12OS/c18-17(16-7-4-12-19-16)15-10-8-14(9-11-15)13-5-2-1-3-6-13/h1-12H. The monoisotopic (exact) mass is 264 g/mol. The van der Waals surface area contributed by atoms with Crippen molar-refractivity contribution >= 4 is 17.1 Å². The maximum atomic E-state index is 12.2. The molecule has 19 heavy (non-hydrogen) atoms. The maximum Gasteiger partial charge on any atom is 0.202 e. The van der Waals surface area contributed by atoms with Gasteiger partial charge in [0.05, 0.1) is 4.88 Å². The highest BCUT2D eigenvalue weighted by atomic mass is 32.1. The Bertz CT molecular complexity index is 667. The fourth-order valence-electron chi connectivity index (χ4n) is 1.99. The summed E-state index contributed by atoms with van der Waals surface area (Å²) in [5.41, 5.74) is 3.03. The van der Waals surface area contributed by atoms with Crippen molar-refractivity contribution in [3.63, 3.8) is 0 Å². The van der Waals surface area contributed by atoms with E-state index in [0.717, 1.165) is 21.6 Å². The van der Waals surface area contributed by atoms with E-state index in [1.54, 1.807) is 0 Å². The molecular weight excluding hydrogens is 252 g/mol. The van der Waals surface area contributed by atoms with Gasteiger partial charge in [-0.3, -0.25) is 4.79 Å². The van der Waals surface area contributed by atoms with Crippen molar-refractivity contribution in [3.05, 3.63) is 82.6 Å². The molecule has 0 unspecified atom stereocenters. The molecule has 0 aliphatic rings. The van der Waals surface area contributed by atoms with Crippen LogP contribution in [0, 0.1) is 0 Å². The lowest BCUT2D eigenvalue weighted by Crippen LogP contribution is -1.97. The van der Waals surface area contributed by atoms with Crippen LogP contribution in [0.15, 0.2) is 72.1 Å². The number of carbonyl (C=O) groups is 1. The summed E-state index contributed by atoms with van der Waals surface area (Å²) in [6, 6.07) is 21.7. The normalized spacial score (nSPS) is 10.3. The third-order valence-electron chi connectivity index (χ3n) is 3.00. The molecule has 0 aliphatic heterocycles. The molecule has 0 saturated heterocycles. The number of carbonyl (C=O) groups excluding carboxylic acids is 1. The van der Waals surface area contributed by atoms with Crippen LogP contribution in [0.25, 0.3) is 11.1 Å². The second-order valence-electron chi connectivity index (χ2n) is 4.25. The Morgan fingerprint density at radius 2 is 1.42 bits per heavy atom. The minimum absolute atomic E-state index is 0.0922. The van der Waals surface area contributed by atoms with Crippen molar-refractivity contribution in [3.8, 4) is 11.1 Å². The Balaban J connectivity index is 1.90. The number of thiophene rings is 1. The highest BCUT2D eigenvalue weighted by Gasteiger charge is 2.09. The molecule has 2 heteroatoms. The van der Waals surface area contributed by atoms with Gasteiger partial charge in [0.25, 0.3) is 0 Å². The molecular formula is C17H12OS. The Hall–Kier alpha value is -2.19. The molecule has 1 heterocycles. The molecule has 0 radical (unpaired) electrons. The van der Waals surface area contributed by atoms with Crippen molar-refractivity contribution in [2.75, 3.05) is 0 Å². The molecule has 0 N–H and O–H groups in total. The molecule has 0 saturated carbocycles. The van der Waals surface area contributed by atoms with Crippen LogP contribution in [0.2, 0.25) is 0 Å². The van der Waals surface area contributed by atoms with Gasteiger partial charge >= 0.3 is 0 Å². The molecule has 0 bridgehead atoms. The Morgan fingerprint density at radius 3 is 2.05 bits per heavy atom. The zero-order valence-electron chi connectivity index (χ0n) is 10.2. The number of benzene rings is 2. The molecule has 0 aliphatic carbocycles. The molecule has 0 amide bonds. The second-order valence-corrected chi connectivity index (χ2v) is 5.20. The van der Waals surface area contributed by atoms with Crippen molar-refractivity contribution in [1.29, 1.82) is 0 Å². The van der Waals surface area contributed by atoms with Crippen LogP contribution < -0.4 is 0 Å². The largest absolute Gasteiger partial charge is 0.288 e. The number of hydrogen-bond acceptors (Lipinski definition) is 2. The molecule has 0 fully saturated rings. The Labute approximate surface area is 116 Å². The highest BCUT2D eigenvalue weighted by Crippen LogP contribution is 2.21. The zero-order valence-corrected chi connectivity index (χ0v) is 11.1. The quantitative estimate of drug-likeness (QED) is 0.629. The average molecular weight is 264 g/mol. The molecule has 0 spiro atoms. The van der Waals surface area contributed by atoms with Crippen LogP contribution in [0.5, 0.6) is 0 Å². The SMILES string of the molecule is O=C(c1ccc(-c2ccccc2)cc1)c1cccs1. The van der Waals surface area contributed by atoms with Gasteiger partial charge in [-0.05, 0) is 22.6 Å². The fraction of sp³-hybridized carbons (Fsp3) is 0. The number of ketones is 1. The average Bonchev–Trinajstić information content (AvgIpc) is 3.02. The van der Waals surface area contributed by atoms with Gasteiger partial charge in [-0.1, -0.05) is 60.7 Å². The number of hydrogen-bond donors (Lipinski definition) is 0. The first-order chi connectivity index (χ1) is 9.34. The van der Waals surface area contributed by atoms with Crippen molar-refractivity contribution in [2.45, 2.75) is 0 Å². The Kier molecular flexibility index (Phi) is 3.25. The summed E-state index contributed by atoms with van der Waals surface area (Å²) in [5, 5.41) is 1.92. The van der Waals surface area contributed by atoms with Gasteiger partial charge in [0, 0.05) is 5.56 Å². The van der Waals surface area contributed by atoms with Crippen molar-refractivity contribution in [2.24, 2.45) is 0 Å². The first kappa shape index (κ1) is 11.9. The summed E-state index contributed by atoms with van der Waals surface area (Å²) in [7, 11) is 0. The highest BCUT2D eigenvalue weighted by molar-refractivity contribution is 7.12. The van der Waals surface area contributed by atoms with Gasteiger partial charge in [0.15, 0.2) is 0 Å². The van der Waals surface area contributed by atoms with Gasteiger partial charge in [-0.15, -0.1) is 11.3 Å². The summed E-state index contributed by atoms with van der Waals surface area (Å²) in [6.45, 7) is 0. The topological polar surface area (TPSA) is 17.1 Å². The lowest BCUT2D eigenvalue weighted by molar-refractivity contribution is 0.104. The van der Waals surface area contributed by atoms with E-state index in [1.165, 1.54) is 11.3 Å². The van der Waals surface area contributed by atoms with Crippen LogP contribution in [0.1, 0.15) is 15.2 Å². The van der Waals surface area contributed by atoms with E-state index >= 15 is 0 Å².